The van der Waals surface area contributed by atoms with Crippen LogP contribution in [0.4, 0.5) is 0 Å². The normalized spacial score (nSPS) is 10.9. The summed E-state index contributed by atoms with van der Waals surface area (Å²) in [4.78, 5) is 3.23. The average Bonchev–Trinajstić information content (AvgIpc) is 1.85. The molecular weight excluding hydrogens is 166 g/mol. The minimum Gasteiger partial charge on any atom is -0.364 e. The third kappa shape index (κ3) is 4.05. The van der Waals surface area contributed by atoms with Crippen LogP contribution in [0.25, 0.3) is 0 Å². The topological polar surface area (TPSA) is 3.24 Å². The van der Waals surface area contributed by atoms with Gasteiger partial charge in [-0.3, -0.25) is 0 Å². The highest BCUT2D eigenvalue weighted by Gasteiger charge is 2.11. The zero-order chi connectivity index (χ0) is 9.72. The molecule has 0 saturated heterocycles. The van der Waals surface area contributed by atoms with E-state index in [1.165, 1.54) is 0 Å². The molecule has 0 aromatic heterocycles. The molecule has 0 rings (SSSR count). The van der Waals surface area contributed by atoms with E-state index in [1.54, 1.807) is 0 Å². The zero-order valence-electron chi connectivity index (χ0n) is 8.63. The molecule has 0 spiro atoms. The molecule has 0 unspecified atom stereocenters. The highest BCUT2D eigenvalue weighted by molar-refractivity contribution is 7.80. The molecule has 0 N–H and O–H groups in total. The molecule has 0 bridgehead atoms. The van der Waals surface area contributed by atoms with Gasteiger partial charge in [0.1, 0.15) is 0 Å². The van der Waals surface area contributed by atoms with Crippen LogP contribution in [0.2, 0.25) is 0 Å². The van der Waals surface area contributed by atoms with Crippen LogP contribution >= 0.6 is 12.2 Å². The Morgan fingerprint density at radius 2 is 1.83 bits per heavy atom. The standard InChI is InChI=1S/C10H20NS/c1-6-11(9(4)5)10(12)7-8(2)3/h8-9H,1,6-7H2,2-5H3. The van der Waals surface area contributed by atoms with E-state index in [1.807, 2.05) is 0 Å². The van der Waals surface area contributed by atoms with Crippen molar-refractivity contribution in [3.8, 4) is 0 Å². The predicted molar refractivity (Wildman–Crippen MR) is 59.3 cm³/mol. The lowest BCUT2D eigenvalue weighted by molar-refractivity contribution is 0.376. The molecule has 71 valence electrons. The van der Waals surface area contributed by atoms with Gasteiger partial charge in [0.15, 0.2) is 0 Å². The smallest absolute Gasteiger partial charge is 0.0784 e. The second-order valence-electron chi connectivity index (χ2n) is 3.78. The van der Waals surface area contributed by atoms with E-state index in [9.17, 15) is 0 Å². The zero-order valence-corrected chi connectivity index (χ0v) is 9.45. The van der Waals surface area contributed by atoms with E-state index >= 15 is 0 Å². The van der Waals surface area contributed by atoms with Crippen molar-refractivity contribution in [3.05, 3.63) is 6.92 Å². The van der Waals surface area contributed by atoms with E-state index in [0.29, 0.717) is 12.0 Å². The Labute approximate surface area is 82.1 Å². The molecule has 0 aliphatic carbocycles. The number of rotatable bonds is 4. The first kappa shape index (κ1) is 11.9. The van der Waals surface area contributed by atoms with Crippen molar-refractivity contribution in [2.75, 3.05) is 6.54 Å². The van der Waals surface area contributed by atoms with Gasteiger partial charge in [-0.25, -0.2) is 0 Å². The molecule has 0 amide bonds. The minimum atomic E-state index is 0.480. The van der Waals surface area contributed by atoms with Crippen molar-refractivity contribution in [1.29, 1.82) is 0 Å². The third-order valence-corrected chi connectivity index (χ3v) is 2.17. The van der Waals surface area contributed by atoms with Crippen LogP contribution in [0.1, 0.15) is 34.1 Å². The van der Waals surface area contributed by atoms with Gasteiger partial charge in [-0.2, -0.15) is 0 Å². The number of thiocarbonyl (C=S) groups is 1. The lowest BCUT2D eigenvalue weighted by atomic mass is 10.1. The average molecular weight is 186 g/mol. The Bertz CT molecular complexity index is 141. The highest BCUT2D eigenvalue weighted by atomic mass is 32.1. The quantitative estimate of drug-likeness (QED) is 0.621. The van der Waals surface area contributed by atoms with E-state index < -0.39 is 0 Å². The molecule has 0 fully saturated rings. The van der Waals surface area contributed by atoms with Crippen molar-refractivity contribution in [2.45, 2.75) is 40.2 Å². The fourth-order valence-electron chi connectivity index (χ4n) is 1.14. The summed E-state index contributed by atoms with van der Waals surface area (Å²) in [6.45, 7) is 13.3. The Balaban J connectivity index is 4.04. The highest BCUT2D eigenvalue weighted by Crippen LogP contribution is 2.08. The number of hydrogen-bond acceptors (Lipinski definition) is 1. The summed E-state index contributed by atoms with van der Waals surface area (Å²) in [5.74, 6) is 0.644. The van der Waals surface area contributed by atoms with Gasteiger partial charge in [-0.05, 0) is 26.7 Å². The summed E-state index contributed by atoms with van der Waals surface area (Å²) in [6, 6.07) is 0.480. The van der Waals surface area contributed by atoms with Gasteiger partial charge in [-0.1, -0.05) is 26.1 Å². The molecule has 1 radical (unpaired) electrons. The monoisotopic (exact) mass is 186 g/mol. The maximum Gasteiger partial charge on any atom is 0.0784 e. The summed E-state index contributed by atoms with van der Waals surface area (Å²) >= 11 is 5.31. The van der Waals surface area contributed by atoms with Crippen LogP contribution in [-0.4, -0.2) is 22.5 Å². The summed E-state index contributed by atoms with van der Waals surface area (Å²) in [7, 11) is 0. The molecule has 1 nitrogen and oxygen atoms in total. The SMILES string of the molecule is [CH2]CN(C(=S)CC(C)C)C(C)C. The van der Waals surface area contributed by atoms with Crippen LogP contribution in [0.5, 0.6) is 0 Å². The minimum absolute atomic E-state index is 0.480. The maximum atomic E-state index is 5.31. The molecule has 2 heteroatoms. The molecule has 0 aliphatic rings. The molecule has 12 heavy (non-hydrogen) atoms. The Morgan fingerprint density at radius 3 is 2.08 bits per heavy atom. The van der Waals surface area contributed by atoms with Gasteiger partial charge in [0.25, 0.3) is 0 Å². The summed E-state index contributed by atoms with van der Waals surface area (Å²) in [5.41, 5.74) is 0. The maximum absolute atomic E-state index is 5.31. The fourth-order valence-corrected chi connectivity index (χ4v) is 1.77. The number of hydrogen-bond donors (Lipinski definition) is 0. The first-order valence-electron chi connectivity index (χ1n) is 4.57. The second kappa shape index (κ2) is 5.52. The summed E-state index contributed by atoms with van der Waals surface area (Å²) in [5, 5.41) is 0. The summed E-state index contributed by atoms with van der Waals surface area (Å²) < 4.78 is 0. The van der Waals surface area contributed by atoms with Crippen LogP contribution in [0.3, 0.4) is 0 Å². The van der Waals surface area contributed by atoms with E-state index in [0.717, 1.165) is 18.0 Å². The van der Waals surface area contributed by atoms with Gasteiger partial charge in [0.2, 0.25) is 0 Å². The van der Waals surface area contributed by atoms with Gasteiger partial charge in [0.05, 0.1) is 4.99 Å². The van der Waals surface area contributed by atoms with Crippen LogP contribution < -0.4 is 0 Å². The number of nitrogens with zero attached hydrogens (tertiary/aromatic N) is 1. The van der Waals surface area contributed by atoms with Crippen molar-refractivity contribution >= 4 is 17.2 Å². The second-order valence-corrected chi connectivity index (χ2v) is 4.25. The van der Waals surface area contributed by atoms with Gasteiger partial charge in [0, 0.05) is 19.0 Å². The lowest BCUT2D eigenvalue weighted by Gasteiger charge is -2.28. The third-order valence-electron chi connectivity index (χ3n) is 1.77. The van der Waals surface area contributed by atoms with E-state index in [-0.39, 0.29) is 0 Å². The Morgan fingerprint density at radius 1 is 1.33 bits per heavy atom. The van der Waals surface area contributed by atoms with Crippen molar-refractivity contribution in [1.82, 2.24) is 4.90 Å². The fraction of sp³-hybridized carbons (Fsp3) is 0.800. The summed E-state index contributed by atoms with van der Waals surface area (Å²) in [6.07, 6.45) is 1.00. The molecule has 0 heterocycles. The molecule has 0 atom stereocenters. The Kier molecular flexibility index (Phi) is 5.47. The van der Waals surface area contributed by atoms with E-state index in [4.69, 9.17) is 12.2 Å². The van der Waals surface area contributed by atoms with Crippen LogP contribution in [0.15, 0.2) is 0 Å². The van der Waals surface area contributed by atoms with Crippen LogP contribution in [-0.2, 0) is 0 Å². The molecule has 0 aromatic rings. The first-order valence-corrected chi connectivity index (χ1v) is 4.98. The van der Waals surface area contributed by atoms with Crippen molar-refractivity contribution < 1.29 is 0 Å². The largest absolute Gasteiger partial charge is 0.364 e. The van der Waals surface area contributed by atoms with E-state index in [2.05, 4.69) is 39.5 Å². The van der Waals surface area contributed by atoms with Crippen LogP contribution in [0, 0.1) is 12.8 Å². The van der Waals surface area contributed by atoms with Crippen molar-refractivity contribution in [3.63, 3.8) is 0 Å². The Hall–Kier alpha value is -0.110. The van der Waals surface area contributed by atoms with Gasteiger partial charge >= 0.3 is 0 Å². The van der Waals surface area contributed by atoms with Gasteiger partial charge < -0.3 is 4.90 Å². The molecule has 0 aliphatic heterocycles. The van der Waals surface area contributed by atoms with Gasteiger partial charge in [-0.15, -0.1) is 0 Å². The lowest BCUT2D eigenvalue weighted by Crippen LogP contribution is -2.36. The molecule has 0 aromatic carbocycles. The molecule has 0 saturated carbocycles. The molecular formula is C10H20NS. The van der Waals surface area contributed by atoms with Crippen molar-refractivity contribution in [2.24, 2.45) is 5.92 Å². The first-order chi connectivity index (χ1) is 5.49. The predicted octanol–water partition coefficient (Wildman–Crippen LogP) is 2.90.